The number of ketones is 1. The lowest BCUT2D eigenvalue weighted by atomic mass is 9.96. The van der Waals surface area contributed by atoms with Gasteiger partial charge in [-0.3, -0.25) is 4.79 Å². The summed E-state index contributed by atoms with van der Waals surface area (Å²) in [6.45, 7) is 0. The molecule has 5 nitrogen and oxygen atoms in total. The third-order valence-electron chi connectivity index (χ3n) is 3.04. The van der Waals surface area contributed by atoms with Crippen molar-refractivity contribution in [3.63, 3.8) is 0 Å². The van der Waals surface area contributed by atoms with Gasteiger partial charge in [0.2, 0.25) is 0 Å². The van der Waals surface area contributed by atoms with Crippen LogP contribution in [0.5, 0.6) is 11.5 Å². The number of aromatic carboxylic acids is 1. The van der Waals surface area contributed by atoms with Crippen LogP contribution in [0.25, 0.3) is 0 Å². The minimum Gasteiger partial charge on any atom is -0.493 e. The zero-order chi connectivity index (χ0) is 15.4. The lowest BCUT2D eigenvalue weighted by molar-refractivity contribution is 0.0692. The molecule has 2 rings (SSSR count). The van der Waals surface area contributed by atoms with Crippen molar-refractivity contribution in [3.05, 3.63) is 59.2 Å². The number of carbonyl (C=O) groups is 2. The van der Waals surface area contributed by atoms with Crippen LogP contribution in [0, 0.1) is 0 Å². The molecule has 0 saturated heterocycles. The minimum absolute atomic E-state index is 0.0180. The number of methoxy groups -OCH3 is 2. The van der Waals surface area contributed by atoms with Crippen LogP contribution in [0.4, 0.5) is 0 Å². The number of hydrogen-bond acceptors (Lipinski definition) is 4. The third-order valence-corrected chi connectivity index (χ3v) is 3.04. The van der Waals surface area contributed by atoms with Crippen LogP contribution in [-0.4, -0.2) is 31.1 Å². The molecule has 0 saturated carbocycles. The number of carbonyl (C=O) groups excluding carboxylic acids is 1. The van der Waals surface area contributed by atoms with Crippen molar-refractivity contribution in [2.45, 2.75) is 0 Å². The third kappa shape index (κ3) is 2.72. The van der Waals surface area contributed by atoms with E-state index < -0.39 is 11.8 Å². The molecule has 108 valence electrons. The molecular weight excluding hydrogens is 272 g/mol. The van der Waals surface area contributed by atoms with Gasteiger partial charge in [-0.2, -0.15) is 0 Å². The molecule has 0 atom stereocenters. The smallest absolute Gasteiger partial charge is 0.336 e. The Morgan fingerprint density at radius 2 is 1.62 bits per heavy atom. The van der Waals surface area contributed by atoms with Crippen molar-refractivity contribution in [3.8, 4) is 11.5 Å². The normalized spacial score (nSPS) is 10.0. The van der Waals surface area contributed by atoms with E-state index >= 15 is 0 Å². The summed E-state index contributed by atoms with van der Waals surface area (Å²) < 4.78 is 10.3. The first-order chi connectivity index (χ1) is 10.1. The second-order valence-corrected chi connectivity index (χ2v) is 4.22. The Morgan fingerprint density at radius 1 is 0.952 bits per heavy atom. The van der Waals surface area contributed by atoms with Crippen LogP contribution in [0.2, 0.25) is 0 Å². The zero-order valence-corrected chi connectivity index (χ0v) is 11.6. The molecule has 0 radical (unpaired) electrons. The van der Waals surface area contributed by atoms with E-state index in [-0.39, 0.29) is 16.9 Å². The predicted molar refractivity (Wildman–Crippen MR) is 76.4 cm³/mol. The molecule has 0 amide bonds. The second-order valence-electron chi connectivity index (χ2n) is 4.22. The maximum absolute atomic E-state index is 12.6. The number of carboxylic acids is 1. The number of ether oxygens (including phenoxy) is 2. The Hall–Kier alpha value is -2.82. The van der Waals surface area contributed by atoms with E-state index in [9.17, 15) is 14.7 Å². The Morgan fingerprint density at radius 3 is 2.14 bits per heavy atom. The highest BCUT2D eigenvalue weighted by Gasteiger charge is 2.25. The first-order valence-corrected chi connectivity index (χ1v) is 6.18. The molecule has 2 aromatic carbocycles. The summed E-state index contributed by atoms with van der Waals surface area (Å²) in [4.78, 5) is 24.0. The molecule has 0 bridgehead atoms. The lowest BCUT2D eigenvalue weighted by Crippen LogP contribution is -2.12. The summed E-state index contributed by atoms with van der Waals surface area (Å²) in [6, 6.07) is 11.2. The molecule has 0 aliphatic heterocycles. The average Bonchev–Trinajstić information content (AvgIpc) is 2.53. The van der Waals surface area contributed by atoms with Crippen molar-refractivity contribution in [1.82, 2.24) is 0 Å². The van der Waals surface area contributed by atoms with E-state index in [2.05, 4.69) is 0 Å². The van der Waals surface area contributed by atoms with Gasteiger partial charge in [-0.05, 0) is 12.1 Å². The van der Waals surface area contributed by atoms with Crippen LogP contribution in [-0.2, 0) is 0 Å². The minimum atomic E-state index is -1.20. The fourth-order valence-corrected chi connectivity index (χ4v) is 2.06. The van der Waals surface area contributed by atoms with Crippen molar-refractivity contribution in [2.24, 2.45) is 0 Å². The lowest BCUT2D eigenvalue weighted by Gasteiger charge is -2.14. The highest BCUT2D eigenvalue weighted by molar-refractivity contribution is 6.16. The molecule has 0 fully saturated rings. The Kier molecular flexibility index (Phi) is 4.23. The summed E-state index contributed by atoms with van der Waals surface area (Å²) in [6.07, 6.45) is 0. The van der Waals surface area contributed by atoms with Crippen LogP contribution >= 0.6 is 0 Å². The van der Waals surface area contributed by atoms with E-state index in [0.29, 0.717) is 11.3 Å². The predicted octanol–water partition coefficient (Wildman–Crippen LogP) is 2.63. The molecule has 0 aromatic heterocycles. The van der Waals surface area contributed by atoms with E-state index in [4.69, 9.17) is 9.47 Å². The first kappa shape index (κ1) is 14.6. The van der Waals surface area contributed by atoms with Crippen LogP contribution in [0.1, 0.15) is 26.3 Å². The number of benzene rings is 2. The van der Waals surface area contributed by atoms with E-state index in [0.717, 1.165) is 0 Å². The van der Waals surface area contributed by atoms with Crippen molar-refractivity contribution < 1.29 is 24.2 Å². The summed E-state index contributed by atoms with van der Waals surface area (Å²) in [7, 11) is 2.79. The molecule has 21 heavy (non-hydrogen) atoms. The van der Waals surface area contributed by atoms with Crippen LogP contribution in [0.3, 0.4) is 0 Å². The van der Waals surface area contributed by atoms with E-state index in [1.165, 1.54) is 26.4 Å². The van der Waals surface area contributed by atoms with Gasteiger partial charge in [0.1, 0.15) is 0 Å². The van der Waals surface area contributed by atoms with Gasteiger partial charge < -0.3 is 14.6 Å². The van der Waals surface area contributed by atoms with Gasteiger partial charge in [0.25, 0.3) is 0 Å². The molecule has 0 aliphatic carbocycles. The van der Waals surface area contributed by atoms with Gasteiger partial charge in [0.15, 0.2) is 17.3 Å². The van der Waals surface area contributed by atoms with Crippen LogP contribution in [0.15, 0.2) is 42.5 Å². The largest absolute Gasteiger partial charge is 0.493 e. The monoisotopic (exact) mass is 286 g/mol. The fraction of sp³-hybridized carbons (Fsp3) is 0.125. The van der Waals surface area contributed by atoms with Gasteiger partial charge in [-0.15, -0.1) is 0 Å². The second kappa shape index (κ2) is 6.09. The molecular formula is C16H14O5. The quantitative estimate of drug-likeness (QED) is 0.855. The van der Waals surface area contributed by atoms with Gasteiger partial charge in [-0.25, -0.2) is 4.79 Å². The first-order valence-electron chi connectivity index (χ1n) is 6.18. The van der Waals surface area contributed by atoms with Crippen LogP contribution < -0.4 is 9.47 Å². The highest BCUT2D eigenvalue weighted by atomic mass is 16.5. The maximum atomic E-state index is 12.6. The summed E-state index contributed by atoms with van der Waals surface area (Å²) in [5, 5.41) is 9.30. The SMILES string of the molecule is COc1ccc(C(=O)O)c(C(=O)c2ccccc2)c1OC. The standard InChI is InChI=1S/C16H14O5/c1-20-12-9-8-11(16(18)19)13(15(12)21-2)14(17)10-6-4-3-5-7-10/h3-9H,1-2H3,(H,18,19). The Balaban J connectivity index is 2.70. The van der Waals surface area contributed by atoms with Crippen molar-refractivity contribution in [1.29, 1.82) is 0 Å². The zero-order valence-electron chi connectivity index (χ0n) is 11.6. The molecule has 1 N–H and O–H groups in total. The molecule has 0 heterocycles. The highest BCUT2D eigenvalue weighted by Crippen LogP contribution is 2.35. The van der Waals surface area contributed by atoms with Crippen molar-refractivity contribution >= 4 is 11.8 Å². The van der Waals surface area contributed by atoms with Gasteiger partial charge in [0.05, 0.1) is 25.3 Å². The number of hydrogen-bond donors (Lipinski definition) is 1. The molecule has 0 aliphatic rings. The van der Waals surface area contributed by atoms with E-state index in [1.807, 2.05) is 0 Å². The topological polar surface area (TPSA) is 72.8 Å². The molecule has 0 unspecified atom stereocenters. The maximum Gasteiger partial charge on any atom is 0.336 e. The summed E-state index contributed by atoms with van der Waals surface area (Å²) >= 11 is 0. The van der Waals surface area contributed by atoms with E-state index in [1.54, 1.807) is 30.3 Å². The average molecular weight is 286 g/mol. The molecule has 5 heteroatoms. The van der Waals surface area contributed by atoms with Crippen molar-refractivity contribution in [2.75, 3.05) is 14.2 Å². The molecule has 0 spiro atoms. The number of rotatable bonds is 5. The summed E-state index contributed by atoms with van der Waals surface area (Å²) in [5.74, 6) is -1.20. The Labute approximate surface area is 121 Å². The fourth-order valence-electron chi connectivity index (χ4n) is 2.06. The number of carboxylic acid groups (broad SMARTS) is 1. The van der Waals surface area contributed by atoms with Gasteiger partial charge in [-0.1, -0.05) is 30.3 Å². The van der Waals surface area contributed by atoms with Gasteiger partial charge in [0, 0.05) is 5.56 Å². The van der Waals surface area contributed by atoms with Gasteiger partial charge >= 0.3 is 5.97 Å². The Bertz CT molecular complexity index is 677. The molecule has 2 aromatic rings. The summed E-state index contributed by atoms with van der Waals surface area (Å²) in [5.41, 5.74) is 0.239.